The van der Waals surface area contributed by atoms with E-state index in [0.717, 1.165) is 5.75 Å². The molecule has 0 aliphatic rings. The minimum absolute atomic E-state index is 0.0280. The number of hydrogen-bond acceptors (Lipinski definition) is 2. The average Bonchev–Trinajstić information content (AvgIpc) is 2.86. The fraction of sp³-hybridized carbons (Fsp3) is 0.333. The highest BCUT2D eigenvalue weighted by atomic mass is 35.5. The number of halogens is 1. The molecule has 2 nitrogen and oxygen atoms in total. The molecular formula is C30H37ClO2Si. The second-order valence-corrected chi connectivity index (χ2v) is 14.8. The molecule has 0 radical (unpaired) electrons. The summed E-state index contributed by atoms with van der Waals surface area (Å²) in [6.45, 7) is 8.35. The van der Waals surface area contributed by atoms with E-state index >= 15 is 0 Å². The Hall–Kier alpha value is -2.49. The van der Waals surface area contributed by atoms with Gasteiger partial charge in [-0.15, -0.1) is 11.6 Å². The zero-order chi connectivity index (χ0) is 29.1. The Morgan fingerprint density at radius 1 is 0.853 bits per heavy atom. The Morgan fingerprint density at radius 3 is 1.91 bits per heavy atom. The second-order valence-electron chi connectivity index (χ2n) is 9.69. The van der Waals surface area contributed by atoms with Gasteiger partial charge in [0.05, 0.1) is 5.88 Å². The molecule has 0 unspecified atom stereocenters. The first-order valence-corrected chi connectivity index (χ1v) is 14.9. The Bertz CT molecular complexity index is 1260. The van der Waals surface area contributed by atoms with Crippen molar-refractivity contribution in [3.8, 4) is 11.5 Å². The highest BCUT2D eigenvalue weighted by Crippen LogP contribution is 2.39. The highest BCUT2D eigenvalue weighted by molar-refractivity contribution is 6.74. The van der Waals surface area contributed by atoms with Crippen molar-refractivity contribution in [3.05, 3.63) is 95.6 Å². The minimum atomic E-state index is -2.90. The van der Waals surface area contributed by atoms with E-state index in [4.69, 9.17) is 27.6 Å². The maximum Gasteiger partial charge on any atom is 0.250 e. The standard InChI is InChI=1S/C30H37ClO2Si/c1-7-28(23-11-9-8-10-12-23)29(24-13-17-26(18-14-24)32-22-21-31)25-15-19-27(20-16-25)33-34(5,6)30(2,3)4/h8-20H,7,21-22H2,1-6H3/i1D3,7D2. The van der Waals surface area contributed by atoms with Crippen LogP contribution in [0.5, 0.6) is 11.5 Å². The molecule has 0 amide bonds. The van der Waals surface area contributed by atoms with E-state index in [1.807, 2.05) is 42.5 Å². The van der Waals surface area contributed by atoms with Gasteiger partial charge in [0.2, 0.25) is 8.32 Å². The lowest BCUT2D eigenvalue weighted by atomic mass is 9.88. The monoisotopic (exact) mass is 497 g/mol. The van der Waals surface area contributed by atoms with Crippen LogP contribution < -0.4 is 9.16 Å². The van der Waals surface area contributed by atoms with Gasteiger partial charge in [0.25, 0.3) is 0 Å². The highest BCUT2D eigenvalue weighted by Gasteiger charge is 2.38. The van der Waals surface area contributed by atoms with Crippen LogP contribution in [0.4, 0.5) is 0 Å². The molecule has 0 saturated heterocycles. The SMILES string of the molecule is [2H]C([2H])([2H])C([2H])([2H])C(=C(c1ccc(OCCCl)cc1)c1ccc(O[Si](C)(C)C(C)(C)C)cc1)c1ccccc1. The summed E-state index contributed by atoms with van der Waals surface area (Å²) in [6.07, 6.45) is -2.65. The quantitative estimate of drug-likeness (QED) is 0.167. The molecular weight excluding hydrogens is 456 g/mol. The summed E-state index contributed by atoms with van der Waals surface area (Å²) >= 11 is 5.76. The van der Waals surface area contributed by atoms with Crippen molar-refractivity contribution >= 4 is 31.1 Å². The van der Waals surface area contributed by atoms with Crippen molar-refractivity contribution < 1.29 is 16.0 Å². The first-order valence-electron chi connectivity index (χ1n) is 14.0. The summed E-state index contributed by atoms with van der Waals surface area (Å²) in [7, 11) is -2.07. The normalized spacial score (nSPS) is 15.8. The second kappa shape index (κ2) is 11.3. The van der Waals surface area contributed by atoms with Gasteiger partial charge in [-0.1, -0.05) is 82.2 Å². The van der Waals surface area contributed by atoms with Gasteiger partial charge in [0.15, 0.2) is 0 Å². The summed E-state index contributed by atoms with van der Waals surface area (Å²) in [4.78, 5) is 0. The van der Waals surface area contributed by atoms with Crippen LogP contribution in [0.1, 0.15) is 57.5 Å². The number of rotatable bonds is 9. The molecule has 4 heteroatoms. The molecule has 0 aliphatic heterocycles. The van der Waals surface area contributed by atoms with E-state index in [2.05, 4.69) is 33.9 Å². The summed E-state index contributed by atoms with van der Waals surface area (Å²) in [5.74, 6) is 1.71. The Balaban J connectivity index is 2.27. The molecule has 0 aromatic heterocycles. The maximum atomic E-state index is 8.85. The van der Waals surface area contributed by atoms with Crippen LogP contribution in [0.3, 0.4) is 0 Å². The van der Waals surface area contributed by atoms with Crippen LogP contribution in [0.2, 0.25) is 18.1 Å². The zero-order valence-electron chi connectivity index (χ0n) is 25.6. The molecule has 0 heterocycles. The lowest BCUT2D eigenvalue weighted by Crippen LogP contribution is -2.43. The summed E-state index contributed by atoms with van der Waals surface area (Å²) in [5.41, 5.74) is 2.43. The first-order chi connectivity index (χ1) is 18.1. The van der Waals surface area contributed by atoms with Crippen molar-refractivity contribution in [2.45, 2.75) is 52.1 Å². The fourth-order valence-corrected chi connectivity index (χ4v) is 4.46. The summed E-state index contributed by atoms with van der Waals surface area (Å²) in [5, 5.41) is 0.0280. The number of benzene rings is 3. The lowest BCUT2D eigenvalue weighted by Gasteiger charge is -2.36. The van der Waals surface area contributed by atoms with E-state index in [9.17, 15) is 0 Å². The molecule has 0 aliphatic carbocycles. The van der Waals surface area contributed by atoms with E-state index < -0.39 is 21.5 Å². The van der Waals surface area contributed by atoms with Crippen molar-refractivity contribution in [1.82, 2.24) is 0 Å². The third-order valence-electron chi connectivity index (χ3n) is 6.25. The predicted molar refractivity (Wildman–Crippen MR) is 150 cm³/mol. The number of allylic oxidation sites excluding steroid dienone is 1. The molecule has 3 aromatic rings. The topological polar surface area (TPSA) is 18.5 Å². The molecule has 0 N–H and O–H groups in total. The fourth-order valence-electron chi connectivity index (χ4n) is 3.35. The summed E-state index contributed by atoms with van der Waals surface area (Å²) < 4.78 is 54.1. The third-order valence-corrected chi connectivity index (χ3v) is 10.8. The van der Waals surface area contributed by atoms with Crippen LogP contribution in [-0.2, 0) is 0 Å². The van der Waals surface area contributed by atoms with Gasteiger partial charge in [-0.05, 0) is 76.6 Å². The minimum Gasteiger partial charge on any atom is -0.544 e. The van der Waals surface area contributed by atoms with Gasteiger partial charge in [-0.3, -0.25) is 0 Å². The van der Waals surface area contributed by atoms with Gasteiger partial charge in [-0.2, -0.15) is 0 Å². The van der Waals surface area contributed by atoms with Gasteiger partial charge in [-0.25, -0.2) is 0 Å². The van der Waals surface area contributed by atoms with Crippen molar-refractivity contribution in [1.29, 1.82) is 0 Å². The van der Waals surface area contributed by atoms with Crippen LogP contribution >= 0.6 is 11.6 Å². The zero-order valence-corrected chi connectivity index (χ0v) is 22.4. The molecule has 0 saturated carbocycles. The average molecular weight is 498 g/mol. The van der Waals surface area contributed by atoms with Gasteiger partial charge in [0, 0.05) is 6.85 Å². The van der Waals surface area contributed by atoms with Gasteiger partial charge in [0.1, 0.15) is 18.1 Å². The Morgan fingerprint density at radius 2 is 1.41 bits per heavy atom. The smallest absolute Gasteiger partial charge is 0.250 e. The van der Waals surface area contributed by atoms with E-state index in [0.29, 0.717) is 40.5 Å². The van der Waals surface area contributed by atoms with Crippen LogP contribution in [0.25, 0.3) is 11.1 Å². The Labute approximate surface area is 218 Å². The maximum absolute atomic E-state index is 8.85. The first kappa shape index (κ1) is 19.8. The molecule has 0 spiro atoms. The summed E-state index contributed by atoms with van der Waals surface area (Å²) in [6, 6.07) is 23.6. The van der Waals surface area contributed by atoms with E-state index in [1.54, 1.807) is 36.4 Å². The van der Waals surface area contributed by atoms with E-state index in [-0.39, 0.29) is 10.6 Å². The van der Waals surface area contributed by atoms with E-state index in [1.165, 1.54) is 0 Å². The molecule has 3 aromatic carbocycles. The van der Waals surface area contributed by atoms with Crippen molar-refractivity contribution in [2.24, 2.45) is 0 Å². The predicted octanol–water partition coefficient (Wildman–Crippen LogP) is 9.06. The number of alkyl halides is 1. The lowest BCUT2D eigenvalue weighted by molar-refractivity contribution is 0.343. The van der Waals surface area contributed by atoms with Crippen LogP contribution in [0.15, 0.2) is 78.9 Å². The largest absolute Gasteiger partial charge is 0.544 e. The van der Waals surface area contributed by atoms with Gasteiger partial charge >= 0.3 is 0 Å². The molecule has 34 heavy (non-hydrogen) atoms. The van der Waals surface area contributed by atoms with Crippen molar-refractivity contribution in [3.63, 3.8) is 0 Å². The molecule has 0 bridgehead atoms. The van der Waals surface area contributed by atoms with Crippen LogP contribution in [0, 0.1) is 0 Å². The van der Waals surface area contributed by atoms with Crippen LogP contribution in [-0.4, -0.2) is 20.8 Å². The Kier molecular flexibility index (Phi) is 6.57. The third kappa shape index (κ3) is 6.34. The molecule has 0 atom stereocenters. The molecule has 180 valence electrons. The number of hydrogen-bond donors (Lipinski definition) is 0. The van der Waals surface area contributed by atoms with Gasteiger partial charge < -0.3 is 9.16 Å². The molecule has 0 fully saturated rings. The van der Waals surface area contributed by atoms with Crippen molar-refractivity contribution in [2.75, 3.05) is 12.5 Å². The number of ether oxygens (including phenoxy) is 1. The molecule has 3 rings (SSSR count).